The van der Waals surface area contributed by atoms with Gasteiger partial charge in [-0.1, -0.05) is 24.3 Å². The van der Waals surface area contributed by atoms with Crippen LogP contribution in [0.4, 0.5) is 10.5 Å². The van der Waals surface area contributed by atoms with E-state index in [1.807, 2.05) is 61.7 Å². The lowest BCUT2D eigenvalue weighted by Crippen LogP contribution is -2.27. The number of nitrogens with zero attached hydrogens (tertiary/aromatic N) is 2. The summed E-state index contributed by atoms with van der Waals surface area (Å²) in [5.41, 5.74) is 6.70. The first kappa shape index (κ1) is 25.3. The molecule has 0 aliphatic carbocycles. The monoisotopic (exact) mass is 487 g/mol. The molecule has 1 atom stereocenters. The maximum atomic E-state index is 12.3. The number of aromatic nitrogens is 1. The van der Waals surface area contributed by atoms with Crippen LogP contribution in [0.15, 0.2) is 72.6 Å². The van der Waals surface area contributed by atoms with Crippen molar-refractivity contribution in [3.63, 3.8) is 0 Å². The third-order valence-corrected chi connectivity index (χ3v) is 6.48. The van der Waals surface area contributed by atoms with Crippen LogP contribution in [0.5, 0.6) is 5.75 Å². The quantitative estimate of drug-likeness (QED) is 0.421. The van der Waals surface area contributed by atoms with E-state index in [4.69, 9.17) is 9.47 Å². The van der Waals surface area contributed by atoms with Gasteiger partial charge in [-0.2, -0.15) is 0 Å². The molecule has 188 valence electrons. The van der Waals surface area contributed by atoms with E-state index < -0.39 is 12.4 Å². The molecule has 2 aromatic carbocycles. The molecule has 0 saturated carbocycles. The summed E-state index contributed by atoms with van der Waals surface area (Å²) in [6.45, 7) is 8.46. The molecular formula is C29H33N3O4. The van der Waals surface area contributed by atoms with Crippen LogP contribution in [0.2, 0.25) is 0 Å². The van der Waals surface area contributed by atoms with E-state index in [9.17, 15) is 9.90 Å². The molecule has 1 aliphatic heterocycles. The van der Waals surface area contributed by atoms with Gasteiger partial charge in [0.1, 0.15) is 5.75 Å². The second-order valence-corrected chi connectivity index (χ2v) is 8.65. The zero-order valence-corrected chi connectivity index (χ0v) is 21.0. The van der Waals surface area contributed by atoms with E-state index in [2.05, 4.69) is 35.1 Å². The minimum absolute atomic E-state index is 0.140. The second kappa shape index (κ2) is 11.7. The minimum Gasteiger partial charge on any atom is -0.460 e. The fourth-order valence-electron chi connectivity index (χ4n) is 4.44. The van der Waals surface area contributed by atoms with Gasteiger partial charge in [-0.15, -0.1) is 0 Å². The maximum Gasteiger partial charge on any atom is 0.407 e. The van der Waals surface area contributed by atoms with Gasteiger partial charge in [0.05, 0.1) is 6.61 Å². The van der Waals surface area contributed by atoms with E-state index >= 15 is 0 Å². The van der Waals surface area contributed by atoms with Crippen molar-refractivity contribution in [2.45, 2.75) is 40.0 Å². The van der Waals surface area contributed by atoms with Crippen LogP contribution in [0.25, 0.3) is 16.7 Å². The van der Waals surface area contributed by atoms with Crippen LogP contribution in [0.1, 0.15) is 38.3 Å². The number of ether oxygens (including phenoxy) is 2. The Kier molecular flexibility index (Phi) is 8.23. The Bertz CT molecular complexity index is 1220. The van der Waals surface area contributed by atoms with Gasteiger partial charge in [-0.05, 0) is 67.3 Å². The Hall–Kier alpha value is -3.84. The summed E-state index contributed by atoms with van der Waals surface area (Å²) in [7, 11) is 0. The number of hydrogen-bond acceptors (Lipinski definition) is 6. The number of hydrogen-bond donors (Lipinski definition) is 2. The molecule has 1 unspecified atom stereocenters. The highest BCUT2D eigenvalue weighted by Crippen LogP contribution is 2.38. The number of benzene rings is 2. The third kappa shape index (κ3) is 5.86. The van der Waals surface area contributed by atoms with E-state index in [0.717, 1.165) is 52.2 Å². The number of amides is 1. The van der Waals surface area contributed by atoms with E-state index in [1.54, 1.807) is 6.20 Å². The lowest BCUT2D eigenvalue weighted by atomic mass is 9.95. The van der Waals surface area contributed by atoms with Crippen molar-refractivity contribution in [3.05, 3.63) is 83.7 Å². The fraction of sp³-hybridized carbons (Fsp3) is 0.310. The molecule has 7 nitrogen and oxygen atoms in total. The Morgan fingerprint density at radius 3 is 2.67 bits per heavy atom. The van der Waals surface area contributed by atoms with Crippen LogP contribution in [0.3, 0.4) is 0 Å². The first-order valence-corrected chi connectivity index (χ1v) is 12.3. The van der Waals surface area contributed by atoms with Crippen molar-refractivity contribution < 1.29 is 19.4 Å². The molecule has 0 saturated heterocycles. The fourth-order valence-corrected chi connectivity index (χ4v) is 4.44. The number of nitrogens with one attached hydrogen (secondary N) is 1. The van der Waals surface area contributed by atoms with Gasteiger partial charge in [0.15, 0.2) is 0 Å². The molecule has 7 heteroatoms. The molecule has 0 bridgehead atoms. The van der Waals surface area contributed by atoms with Crippen LogP contribution in [-0.4, -0.2) is 42.2 Å². The molecule has 0 fully saturated rings. The summed E-state index contributed by atoms with van der Waals surface area (Å²) in [6.07, 6.45) is 2.36. The Labute approximate surface area is 212 Å². The number of aliphatic hydroxyl groups is 1. The van der Waals surface area contributed by atoms with Gasteiger partial charge in [0.25, 0.3) is 0 Å². The van der Waals surface area contributed by atoms with Gasteiger partial charge in [0.2, 0.25) is 6.29 Å². The van der Waals surface area contributed by atoms with Gasteiger partial charge in [-0.3, -0.25) is 4.98 Å². The SMILES string of the molecule is CCN(CC)c1ccc2c(c1)OC(O)C(CCOC(=O)NCc1cccc(-c3cccnc3)c1)=C2C. The van der Waals surface area contributed by atoms with E-state index in [-0.39, 0.29) is 6.61 Å². The van der Waals surface area contributed by atoms with Crippen LogP contribution in [0, 0.1) is 0 Å². The van der Waals surface area contributed by atoms with Crippen molar-refractivity contribution >= 4 is 17.4 Å². The lowest BCUT2D eigenvalue weighted by molar-refractivity contribution is 0.00748. The molecule has 2 heterocycles. The number of pyridine rings is 1. The molecule has 3 aromatic rings. The molecule has 0 radical (unpaired) electrons. The summed E-state index contributed by atoms with van der Waals surface area (Å²) < 4.78 is 11.2. The Morgan fingerprint density at radius 2 is 1.92 bits per heavy atom. The number of carbonyl (C=O) groups excluding carboxylic acids is 1. The van der Waals surface area contributed by atoms with Crippen molar-refractivity contribution in [2.75, 3.05) is 24.6 Å². The molecule has 2 N–H and O–H groups in total. The standard InChI is InChI=1S/C29H33N3O4/c1-4-32(5-2)24-11-12-25-20(3)26(28(33)36-27(25)17-24)13-15-35-29(34)31-18-21-8-6-9-22(16-21)23-10-7-14-30-19-23/h6-12,14,16-17,19,28,33H,4-5,13,15,18H2,1-3H3,(H,31,34). The minimum atomic E-state index is -1.06. The van der Waals surface area contributed by atoms with Crippen molar-refractivity contribution in [1.29, 1.82) is 0 Å². The van der Waals surface area contributed by atoms with E-state index in [0.29, 0.717) is 18.7 Å². The highest BCUT2D eigenvalue weighted by atomic mass is 16.6. The smallest absolute Gasteiger partial charge is 0.407 e. The number of carbonyl (C=O) groups is 1. The first-order valence-electron chi connectivity index (χ1n) is 12.3. The highest BCUT2D eigenvalue weighted by Gasteiger charge is 2.25. The number of rotatable bonds is 9. The summed E-state index contributed by atoms with van der Waals surface area (Å²) >= 11 is 0. The Morgan fingerprint density at radius 1 is 1.11 bits per heavy atom. The van der Waals surface area contributed by atoms with Gasteiger partial charge >= 0.3 is 6.09 Å². The molecule has 1 aromatic heterocycles. The van der Waals surface area contributed by atoms with Crippen LogP contribution < -0.4 is 15.0 Å². The van der Waals surface area contributed by atoms with Crippen molar-refractivity contribution in [2.24, 2.45) is 0 Å². The van der Waals surface area contributed by atoms with Crippen LogP contribution in [-0.2, 0) is 11.3 Å². The predicted octanol–water partition coefficient (Wildman–Crippen LogP) is 5.40. The largest absolute Gasteiger partial charge is 0.460 e. The number of fused-ring (bicyclic) bond motifs is 1. The molecule has 1 aliphatic rings. The summed E-state index contributed by atoms with van der Waals surface area (Å²) in [6, 6.07) is 17.9. The van der Waals surface area contributed by atoms with E-state index in [1.165, 1.54) is 0 Å². The van der Waals surface area contributed by atoms with Gasteiger partial charge < -0.3 is 24.8 Å². The topological polar surface area (TPSA) is 83.9 Å². The normalized spacial score (nSPS) is 14.6. The molecule has 0 spiro atoms. The zero-order chi connectivity index (χ0) is 25.5. The average Bonchev–Trinajstić information content (AvgIpc) is 2.90. The zero-order valence-electron chi connectivity index (χ0n) is 21.0. The van der Waals surface area contributed by atoms with Gasteiger partial charge in [0, 0.05) is 61.3 Å². The number of aliphatic hydroxyl groups excluding tert-OH is 1. The number of anilines is 1. The predicted molar refractivity (Wildman–Crippen MR) is 142 cm³/mol. The molecule has 1 amide bonds. The van der Waals surface area contributed by atoms with Gasteiger partial charge in [-0.25, -0.2) is 4.79 Å². The lowest BCUT2D eigenvalue weighted by Gasteiger charge is -2.29. The highest BCUT2D eigenvalue weighted by molar-refractivity contribution is 5.76. The van der Waals surface area contributed by atoms with Crippen molar-refractivity contribution in [3.8, 4) is 16.9 Å². The molecule has 4 rings (SSSR count). The summed E-state index contributed by atoms with van der Waals surface area (Å²) in [5.74, 6) is 0.667. The first-order chi connectivity index (χ1) is 17.5. The summed E-state index contributed by atoms with van der Waals surface area (Å²) in [5, 5.41) is 13.4. The van der Waals surface area contributed by atoms with Crippen LogP contribution >= 0.6 is 0 Å². The third-order valence-electron chi connectivity index (χ3n) is 6.48. The number of allylic oxidation sites excluding steroid dienone is 1. The maximum absolute atomic E-state index is 12.3. The number of alkyl carbamates (subject to hydrolysis) is 1. The average molecular weight is 488 g/mol. The second-order valence-electron chi connectivity index (χ2n) is 8.65. The molecular weight excluding hydrogens is 454 g/mol. The summed E-state index contributed by atoms with van der Waals surface area (Å²) in [4.78, 5) is 18.7. The molecule has 36 heavy (non-hydrogen) atoms. The Balaban J connectivity index is 1.32. The van der Waals surface area contributed by atoms with Crippen molar-refractivity contribution in [1.82, 2.24) is 10.3 Å².